The number of ether oxygens (including phenoxy) is 1. The molecule has 6 nitrogen and oxygen atoms in total. The number of amides is 1. The van der Waals surface area contributed by atoms with Crippen molar-refractivity contribution in [1.29, 1.82) is 0 Å². The minimum Gasteiger partial charge on any atom is -0.368 e. The van der Waals surface area contributed by atoms with Crippen molar-refractivity contribution in [2.45, 2.75) is 31.9 Å². The van der Waals surface area contributed by atoms with Crippen molar-refractivity contribution in [3.05, 3.63) is 42.1 Å². The number of hydrogen-bond donors (Lipinski definition) is 0. The molecule has 0 aliphatic carbocycles. The monoisotopic (exact) mass is 368 g/mol. The molecule has 3 heterocycles. The Morgan fingerprint density at radius 2 is 2.00 bits per heavy atom. The van der Waals surface area contributed by atoms with E-state index in [9.17, 15) is 4.79 Å². The number of aromatic nitrogens is 2. The fraction of sp³-hybridized carbons (Fsp3) is 0.524. The topological polar surface area (TPSA) is 50.6 Å². The van der Waals surface area contributed by atoms with Crippen LogP contribution in [0.4, 0.5) is 0 Å². The van der Waals surface area contributed by atoms with Crippen LogP contribution >= 0.6 is 0 Å². The molecule has 1 aromatic carbocycles. The Labute approximate surface area is 160 Å². The number of carbonyl (C=O) groups excluding carboxylic acids is 1. The van der Waals surface area contributed by atoms with E-state index in [1.165, 1.54) is 5.56 Å². The third-order valence-corrected chi connectivity index (χ3v) is 5.45. The summed E-state index contributed by atoms with van der Waals surface area (Å²) in [6.07, 6.45) is 4.77. The number of carbonyl (C=O) groups is 1. The summed E-state index contributed by atoms with van der Waals surface area (Å²) in [6, 6.07) is 10.3. The normalized spacial score (nSPS) is 21.4. The average Bonchev–Trinajstić information content (AvgIpc) is 3.28. The summed E-state index contributed by atoms with van der Waals surface area (Å²) in [5, 5.41) is 4.67. The Kier molecular flexibility index (Phi) is 5.55. The van der Waals surface area contributed by atoms with Gasteiger partial charge >= 0.3 is 0 Å². The van der Waals surface area contributed by atoms with Gasteiger partial charge in [-0.25, -0.2) is 0 Å². The van der Waals surface area contributed by atoms with Crippen molar-refractivity contribution < 1.29 is 9.53 Å². The molecule has 2 aromatic rings. The molecule has 0 saturated carbocycles. The van der Waals surface area contributed by atoms with Crippen LogP contribution in [0, 0.1) is 0 Å². The fourth-order valence-corrected chi connectivity index (χ4v) is 4.06. The summed E-state index contributed by atoms with van der Waals surface area (Å²) in [5.41, 5.74) is 3.44. The lowest BCUT2D eigenvalue weighted by Gasteiger charge is -2.24. The zero-order chi connectivity index (χ0) is 18.6. The summed E-state index contributed by atoms with van der Waals surface area (Å²) in [6.45, 7) is 5.08. The van der Waals surface area contributed by atoms with Gasteiger partial charge in [0.05, 0.1) is 5.69 Å². The van der Waals surface area contributed by atoms with E-state index in [1.807, 2.05) is 34.8 Å². The smallest absolute Gasteiger partial charge is 0.251 e. The first-order valence-corrected chi connectivity index (χ1v) is 9.91. The van der Waals surface area contributed by atoms with Crippen molar-refractivity contribution in [2.75, 3.05) is 32.8 Å². The first kappa shape index (κ1) is 18.2. The molecule has 0 N–H and O–H groups in total. The molecule has 6 heteroatoms. The van der Waals surface area contributed by atoms with Crippen molar-refractivity contribution in [1.82, 2.24) is 19.6 Å². The molecule has 0 radical (unpaired) electrons. The minimum atomic E-state index is -0.209. The Hall–Kier alpha value is -2.18. The highest BCUT2D eigenvalue weighted by atomic mass is 16.5. The van der Waals surface area contributed by atoms with E-state index in [0.717, 1.165) is 69.9 Å². The maximum absolute atomic E-state index is 12.6. The van der Waals surface area contributed by atoms with Gasteiger partial charge in [0.25, 0.3) is 5.91 Å². The molecule has 144 valence electrons. The van der Waals surface area contributed by atoms with Crippen molar-refractivity contribution in [3.63, 3.8) is 0 Å². The van der Waals surface area contributed by atoms with Crippen LogP contribution in [0.2, 0.25) is 0 Å². The Bertz CT molecular complexity index is 768. The standard InChI is InChI=1S/C21H28N4O2/c1-23-15-18(20(22-23)17-7-3-2-4-8-17)16-24-10-6-11-25(13-12-24)21(26)19-9-5-14-27-19/h2-4,7-8,15,19H,5-6,9-14,16H2,1H3/t19-/m1/s1. The van der Waals surface area contributed by atoms with Gasteiger partial charge in [-0.1, -0.05) is 30.3 Å². The number of aryl methyl sites for hydroxylation is 1. The van der Waals surface area contributed by atoms with Gasteiger partial charge in [-0.2, -0.15) is 5.10 Å². The number of nitrogens with zero attached hydrogens (tertiary/aromatic N) is 4. The number of hydrogen-bond acceptors (Lipinski definition) is 4. The Morgan fingerprint density at radius 1 is 1.15 bits per heavy atom. The van der Waals surface area contributed by atoms with Gasteiger partial charge in [-0.05, 0) is 19.3 Å². The molecule has 1 aromatic heterocycles. The summed E-state index contributed by atoms with van der Waals surface area (Å²) >= 11 is 0. The van der Waals surface area contributed by atoms with Gasteiger partial charge in [-0.3, -0.25) is 14.4 Å². The summed E-state index contributed by atoms with van der Waals surface area (Å²) in [5.74, 6) is 0.181. The predicted molar refractivity (Wildman–Crippen MR) is 104 cm³/mol. The minimum absolute atomic E-state index is 0.181. The maximum Gasteiger partial charge on any atom is 0.251 e. The van der Waals surface area contributed by atoms with E-state index in [-0.39, 0.29) is 12.0 Å². The third kappa shape index (κ3) is 4.22. The van der Waals surface area contributed by atoms with Crippen molar-refractivity contribution in [3.8, 4) is 11.3 Å². The van der Waals surface area contributed by atoms with Gasteiger partial charge in [0, 0.05) is 63.7 Å². The van der Waals surface area contributed by atoms with Gasteiger partial charge in [0.15, 0.2) is 0 Å². The van der Waals surface area contributed by atoms with Crippen LogP contribution in [0.15, 0.2) is 36.5 Å². The second-order valence-electron chi connectivity index (χ2n) is 7.50. The van der Waals surface area contributed by atoms with E-state index < -0.39 is 0 Å². The molecule has 0 unspecified atom stereocenters. The van der Waals surface area contributed by atoms with Crippen LogP contribution in [0.1, 0.15) is 24.8 Å². The van der Waals surface area contributed by atoms with Gasteiger partial charge < -0.3 is 9.64 Å². The zero-order valence-electron chi connectivity index (χ0n) is 16.0. The second-order valence-corrected chi connectivity index (χ2v) is 7.50. The van der Waals surface area contributed by atoms with Crippen molar-refractivity contribution >= 4 is 5.91 Å². The third-order valence-electron chi connectivity index (χ3n) is 5.45. The lowest BCUT2D eigenvalue weighted by Crippen LogP contribution is -2.41. The first-order chi connectivity index (χ1) is 13.2. The lowest BCUT2D eigenvalue weighted by molar-refractivity contribution is -0.140. The first-order valence-electron chi connectivity index (χ1n) is 9.91. The highest BCUT2D eigenvalue weighted by molar-refractivity contribution is 5.81. The van der Waals surface area contributed by atoms with Crippen LogP contribution in [0.5, 0.6) is 0 Å². The molecular formula is C21H28N4O2. The Morgan fingerprint density at radius 3 is 2.78 bits per heavy atom. The number of rotatable bonds is 4. The Balaban J connectivity index is 1.41. The lowest BCUT2D eigenvalue weighted by atomic mass is 10.1. The molecular weight excluding hydrogens is 340 g/mol. The van der Waals surface area contributed by atoms with Crippen LogP contribution in [-0.4, -0.2) is 64.4 Å². The van der Waals surface area contributed by atoms with E-state index in [0.29, 0.717) is 0 Å². The van der Waals surface area contributed by atoms with Gasteiger partial charge in [-0.15, -0.1) is 0 Å². The fourth-order valence-electron chi connectivity index (χ4n) is 4.06. The average molecular weight is 368 g/mol. The highest BCUT2D eigenvalue weighted by Crippen LogP contribution is 2.23. The van der Waals surface area contributed by atoms with E-state index in [1.54, 1.807) is 0 Å². The molecule has 2 aliphatic rings. The van der Waals surface area contributed by atoms with Gasteiger partial charge in [0.1, 0.15) is 6.10 Å². The molecule has 0 spiro atoms. The quantitative estimate of drug-likeness (QED) is 0.831. The molecule has 4 rings (SSSR count). The van der Waals surface area contributed by atoms with Crippen LogP contribution in [-0.2, 0) is 23.1 Å². The van der Waals surface area contributed by atoms with E-state index in [2.05, 4.69) is 28.3 Å². The summed E-state index contributed by atoms with van der Waals surface area (Å²) < 4.78 is 7.47. The second kappa shape index (κ2) is 8.23. The predicted octanol–water partition coefficient (Wildman–Crippen LogP) is 2.30. The van der Waals surface area contributed by atoms with Gasteiger partial charge in [0.2, 0.25) is 0 Å². The molecule has 1 atom stereocenters. The molecule has 2 saturated heterocycles. The summed E-state index contributed by atoms with van der Waals surface area (Å²) in [7, 11) is 1.97. The molecule has 2 aliphatic heterocycles. The molecule has 1 amide bonds. The van der Waals surface area contributed by atoms with E-state index in [4.69, 9.17) is 4.74 Å². The van der Waals surface area contributed by atoms with Crippen LogP contribution in [0.3, 0.4) is 0 Å². The molecule has 2 fully saturated rings. The van der Waals surface area contributed by atoms with Crippen molar-refractivity contribution in [2.24, 2.45) is 7.05 Å². The molecule has 27 heavy (non-hydrogen) atoms. The van der Waals surface area contributed by atoms with Crippen LogP contribution in [0.25, 0.3) is 11.3 Å². The zero-order valence-corrected chi connectivity index (χ0v) is 16.0. The highest BCUT2D eigenvalue weighted by Gasteiger charge is 2.29. The SMILES string of the molecule is Cn1cc(CN2CCCN(C(=O)[C@H]3CCCO3)CC2)c(-c2ccccc2)n1. The summed E-state index contributed by atoms with van der Waals surface area (Å²) in [4.78, 5) is 17.1. The largest absolute Gasteiger partial charge is 0.368 e. The van der Waals surface area contributed by atoms with E-state index >= 15 is 0 Å². The molecule has 0 bridgehead atoms. The van der Waals surface area contributed by atoms with Crippen LogP contribution < -0.4 is 0 Å². The maximum atomic E-state index is 12.6. The number of benzene rings is 1.